The van der Waals surface area contributed by atoms with Gasteiger partial charge in [0.05, 0.1) is 5.69 Å². The topological polar surface area (TPSA) is 58.3 Å². The lowest BCUT2D eigenvalue weighted by molar-refractivity contribution is 0.0799. The Labute approximate surface area is 114 Å². The summed E-state index contributed by atoms with van der Waals surface area (Å²) in [5, 5.41) is 13.6. The standard InChI is InChI=1S/C16H22N2O/c17-15-10-9-13-12-3-1-2-6-16(12,7-8-18-13)11(10)4-5-14(15)19/h4-5,12-13,18-19H,1-3,6-9,17H2/t12-,13+,16-/m0/s1. The molecule has 3 aliphatic rings. The van der Waals surface area contributed by atoms with E-state index in [4.69, 9.17) is 5.73 Å². The molecule has 0 aromatic heterocycles. The van der Waals surface area contributed by atoms with Crippen LogP contribution < -0.4 is 11.1 Å². The highest BCUT2D eigenvalue weighted by Crippen LogP contribution is 2.55. The number of nitrogens with two attached hydrogens (primary N) is 1. The highest BCUT2D eigenvalue weighted by Gasteiger charge is 2.51. The van der Waals surface area contributed by atoms with E-state index < -0.39 is 0 Å². The molecule has 0 radical (unpaired) electrons. The lowest BCUT2D eigenvalue weighted by Crippen LogP contribution is -2.59. The van der Waals surface area contributed by atoms with Crippen molar-refractivity contribution >= 4 is 5.69 Å². The van der Waals surface area contributed by atoms with E-state index in [2.05, 4.69) is 11.4 Å². The zero-order chi connectivity index (χ0) is 13.0. The van der Waals surface area contributed by atoms with Gasteiger partial charge in [0, 0.05) is 11.5 Å². The van der Waals surface area contributed by atoms with Gasteiger partial charge in [-0.3, -0.25) is 0 Å². The predicted octanol–water partition coefficient (Wildman–Crippen LogP) is 2.32. The molecule has 1 saturated carbocycles. The summed E-state index contributed by atoms with van der Waals surface area (Å²) in [6.45, 7) is 1.13. The number of phenolic OH excluding ortho intramolecular Hbond substituents is 1. The van der Waals surface area contributed by atoms with Gasteiger partial charge in [0.15, 0.2) is 0 Å². The molecule has 1 aromatic rings. The molecule has 4 N–H and O–H groups in total. The van der Waals surface area contributed by atoms with Crippen molar-refractivity contribution in [2.45, 2.75) is 50.0 Å². The summed E-state index contributed by atoms with van der Waals surface area (Å²) in [4.78, 5) is 0. The molecule has 3 atom stereocenters. The summed E-state index contributed by atoms with van der Waals surface area (Å²) in [6, 6.07) is 4.52. The van der Waals surface area contributed by atoms with Crippen molar-refractivity contribution in [3.8, 4) is 5.75 Å². The molecule has 19 heavy (non-hydrogen) atoms. The molecular weight excluding hydrogens is 236 g/mol. The Morgan fingerprint density at radius 1 is 1.26 bits per heavy atom. The fourth-order valence-corrected chi connectivity index (χ4v) is 5.03. The Bertz CT molecular complexity index is 524. The molecule has 1 aromatic carbocycles. The van der Waals surface area contributed by atoms with Crippen molar-refractivity contribution in [2.75, 3.05) is 12.3 Å². The normalized spacial score (nSPS) is 36.4. The Balaban J connectivity index is 1.93. The first kappa shape index (κ1) is 11.6. The lowest BCUT2D eigenvalue weighted by Gasteiger charge is -2.56. The Hall–Kier alpha value is -1.22. The van der Waals surface area contributed by atoms with Crippen LogP contribution in [0.2, 0.25) is 0 Å². The Morgan fingerprint density at radius 3 is 3.05 bits per heavy atom. The molecule has 3 nitrogen and oxygen atoms in total. The van der Waals surface area contributed by atoms with Crippen LogP contribution in [0.4, 0.5) is 5.69 Å². The number of piperidine rings is 1. The van der Waals surface area contributed by atoms with Crippen LogP contribution in [-0.2, 0) is 11.8 Å². The molecule has 2 aliphatic carbocycles. The number of rotatable bonds is 0. The van der Waals surface area contributed by atoms with Gasteiger partial charge in [-0.05, 0) is 55.3 Å². The maximum Gasteiger partial charge on any atom is 0.138 e. The SMILES string of the molecule is Nc1c(O)ccc2c1C[C@H]1NCC[C@@]23CCCC[C@@H]13. The van der Waals surface area contributed by atoms with Gasteiger partial charge in [0.25, 0.3) is 0 Å². The smallest absolute Gasteiger partial charge is 0.138 e. The first-order chi connectivity index (χ1) is 9.22. The zero-order valence-corrected chi connectivity index (χ0v) is 11.3. The van der Waals surface area contributed by atoms with Crippen molar-refractivity contribution < 1.29 is 5.11 Å². The average molecular weight is 258 g/mol. The number of anilines is 1. The summed E-state index contributed by atoms with van der Waals surface area (Å²) >= 11 is 0. The molecule has 0 amide bonds. The first-order valence-electron chi connectivity index (χ1n) is 7.56. The van der Waals surface area contributed by atoms with E-state index in [0.717, 1.165) is 18.9 Å². The fraction of sp³-hybridized carbons (Fsp3) is 0.625. The third-order valence-corrected chi connectivity index (χ3v) is 5.86. The largest absolute Gasteiger partial charge is 0.506 e. The van der Waals surface area contributed by atoms with Gasteiger partial charge in [-0.1, -0.05) is 18.9 Å². The third-order valence-electron chi connectivity index (χ3n) is 5.86. The van der Waals surface area contributed by atoms with Gasteiger partial charge in [0.1, 0.15) is 5.75 Å². The van der Waals surface area contributed by atoms with Crippen molar-refractivity contribution in [3.63, 3.8) is 0 Å². The lowest BCUT2D eigenvalue weighted by atomic mass is 9.52. The number of nitrogen functional groups attached to an aromatic ring is 1. The van der Waals surface area contributed by atoms with Gasteiger partial charge < -0.3 is 16.2 Å². The van der Waals surface area contributed by atoms with Crippen LogP contribution in [0.25, 0.3) is 0 Å². The fourth-order valence-electron chi connectivity index (χ4n) is 5.03. The summed E-state index contributed by atoms with van der Waals surface area (Å²) in [5.74, 6) is 1.02. The molecule has 102 valence electrons. The zero-order valence-electron chi connectivity index (χ0n) is 11.3. The van der Waals surface area contributed by atoms with E-state index >= 15 is 0 Å². The van der Waals surface area contributed by atoms with Crippen LogP contribution >= 0.6 is 0 Å². The van der Waals surface area contributed by atoms with E-state index in [0.29, 0.717) is 17.1 Å². The Kier molecular flexibility index (Phi) is 2.37. The van der Waals surface area contributed by atoms with E-state index in [9.17, 15) is 5.11 Å². The van der Waals surface area contributed by atoms with Crippen molar-refractivity contribution in [1.29, 1.82) is 0 Å². The number of phenols is 1. The van der Waals surface area contributed by atoms with Crippen molar-refractivity contribution in [2.24, 2.45) is 5.92 Å². The van der Waals surface area contributed by atoms with E-state index in [1.54, 1.807) is 6.07 Å². The molecule has 2 fully saturated rings. The van der Waals surface area contributed by atoms with Crippen LogP contribution in [0, 0.1) is 5.92 Å². The number of hydrogen-bond acceptors (Lipinski definition) is 3. The predicted molar refractivity (Wildman–Crippen MR) is 76.3 cm³/mol. The quantitative estimate of drug-likeness (QED) is 0.494. The van der Waals surface area contributed by atoms with Gasteiger partial charge >= 0.3 is 0 Å². The van der Waals surface area contributed by atoms with Crippen LogP contribution in [0.15, 0.2) is 12.1 Å². The van der Waals surface area contributed by atoms with E-state index in [1.165, 1.54) is 43.2 Å². The highest BCUT2D eigenvalue weighted by molar-refractivity contribution is 5.64. The monoisotopic (exact) mass is 258 g/mol. The molecule has 4 rings (SSSR count). The molecular formula is C16H22N2O. The minimum Gasteiger partial charge on any atom is -0.506 e. The number of fused-ring (bicyclic) bond motifs is 1. The van der Waals surface area contributed by atoms with Crippen LogP contribution in [0.1, 0.15) is 43.2 Å². The minimum atomic E-state index is 0.252. The summed E-state index contributed by atoms with van der Waals surface area (Å²) in [7, 11) is 0. The van der Waals surface area contributed by atoms with Crippen molar-refractivity contribution in [3.05, 3.63) is 23.3 Å². The second-order valence-corrected chi connectivity index (χ2v) is 6.55. The molecule has 0 spiro atoms. The molecule has 1 heterocycles. The highest BCUT2D eigenvalue weighted by atomic mass is 16.3. The van der Waals surface area contributed by atoms with E-state index in [1.807, 2.05) is 0 Å². The van der Waals surface area contributed by atoms with Crippen molar-refractivity contribution in [1.82, 2.24) is 5.32 Å². The van der Waals surface area contributed by atoms with Gasteiger partial charge in [-0.25, -0.2) is 0 Å². The molecule has 3 heteroatoms. The molecule has 1 aliphatic heterocycles. The second-order valence-electron chi connectivity index (χ2n) is 6.55. The molecule has 2 bridgehead atoms. The summed E-state index contributed by atoms with van der Waals surface area (Å²) in [6.07, 6.45) is 7.56. The summed E-state index contributed by atoms with van der Waals surface area (Å²) in [5.41, 5.74) is 9.77. The van der Waals surface area contributed by atoms with Gasteiger partial charge in [-0.2, -0.15) is 0 Å². The maximum atomic E-state index is 9.89. The number of benzene rings is 1. The van der Waals surface area contributed by atoms with E-state index in [-0.39, 0.29) is 5.75 Å². The molecule has 1 saturated heterocycles. The number of aromatic hydroxyl groups is 1. The second kappa shape index (κ2) is 3.89. The Morgan fingerprint density at radius 2 is 2.16 bits per heavy atom. The molecule has 0 unspecified atom stereocenters. The third kappa shape index (κ3) is 1.42. The number of nitrogens with one attached hydrogen (secondary N) is 1. The van der Waals surface area contributed by atoms with Crippen LogP contribution in [-0.4, -0.2) is 17.7 Å². The maximum absolute atomic E-state index is 9.89. The summed E-state index contributed by atoms with van der Waals surface area (Å²) < 4.78 is 0. The minimum absolute atomic E-state index is 0.252. The number of hydrogen-bond donors (Lipinski definition) is 3. The first-order valence-corrected chi connectivity index (χ1v) is 7.56. The average Bonchev–Trinajstić information content (AvgIpc) is 2.43. The van der Waals surface area contributed by atoms with Crippen LogP contribution in [0.5, 0.6) is 5.75 Å². The van der Waals surface area contributed by atoms with Gasteiger partial charge in [0.2, 0.25) is 0 Å². The van der Waals surface area contributed by atoms with Gasteiger partial charge in [-0.15, -0.1) is 0 Å². The van der Waals surface area contributed by atoms with Crippen LogP contribution in [0.3, 0.4) is 0 Å².